The van der Waals surface area contributed by atoms with Crippen molar-refractivity contribution in [3.05, 3.63) is 33.4 Å². The van der Waals surface area contributed by atoms with Crippen LogP contribution < -0.4 is 0 Å². The van der Waals surface area contributed by atoms with Crippen LogP contribution in [0.25, 0.3) is 0 Å². The zero-order chi connectivity index (χ0) is 12.9. The number of ether oxygens (including phenoxy) is 1. The minimum absolute atomic E-state index is 0.0512. The van der Waals surface area contributed by atoms with Crippen LogP contribution in [0.1, 0.15) is 37.6 Å². The second-order valence-electron chi connectivity index (χ2n) is 5.29. The van der Waals surface area contributed by atoms with Crippen molar-refractivity contribution in [1.82, 2.24) is 0 Å². The number of benzene rings is 1. The van der Waals surface area contributed by atoms with E-state index in [1.165, 1.54) is 0 Å². The molecule has 0 fully saturated rings. The summed E-state index contributed by atoms with van der Waals surface area (Å²) in [7, 11) is 0. The first kappa shape index (κ1) is 14.6. The van der Waals surface area contributed by atoms with Crippen molar-refractivity contribution < 1.29 is 9.53 Å². The van der Waals surface area contributed by atoms with Crippen LogP contribution in [-0.2, 0) is 4.74 Å². The van der Waals surface area contributed by atoms with Gasteiger partial charge in [-0.25, -0.2) is 0 Å². The molecule has 3 heteroatoms. The Morgan fingerprint density at radius 2 is 1.82 bits per heavy atom. The zero-order valence-corrected chi connectivity index (χ0v) is 12.8. The number of hydrogen-bond donors (Lipinski definition) is 0. The molecule has 0 heterocycles. The Kier molecular flexibility index (Phi) is 5.59. The number of carbonyl (C=O) groups excluding carboxylic acids is 1. The Hall–Kier alpha value is -0.420. The highest BCUT2D eigenvalue weighted by atomic mass is 127. The molecule has 0 bridgehead atoms. The number of halogens is 1. The van der Waals surface area contributed by atoms with Crippen LogP contribution in [0, 0.1) is 8.99 Å². The Balaban J connectivity index is 2.33. The van der Waals surface area contributed by atoms with E-state index in [0.29, 0.717) is 6.61 Å². The number of rotatable bonds is 5. The van der Waals surface area contributed by atoms with Gasteiger partial charge in [0.25, 0.3) is 0 Å². The lowest BCUT2D eigenvalue weighted by Crippen LogP contribution is -2.14. The first-order chi connectivity index (χ1) is 7.88. The molecule has 1 aromatic carbocycles. The molecule has 0 radical (unpaired) electrons. The van der Waals surface area contributed by atoms with Gasteiger partial charge in [0.1, 0.15) is 6.61 Å². The van der Waals surface area contributed by atoms with Crippen LogP contribution in [-0.4, -0.2) is 19.0 Å². The van der Waals surface area contributed by atoms with Crippen LogP contribution >= 0.6 is 22.6 Å². The fourth-order valence-corrected chi connectivity index (χ4v) is 1.62. The van der Waals surface area contributed by atoms with Crippen molar-refractivity contribution in [3.8, 4) is 0 Å². The predicted octanol–water partition coefficient (Wildman–Crippen LogP) is 3.93. The molecule has 0 unspecified atom stereocenters. The van der Waals surface area contributed by atoms with E-state index in [4.69, 9.17) is 4.74 Å². The summed E-state index contributed by atoms with van der Waals surface area (Å²) < 4.78 is 6.54. The molecule has 0 aliphatic rings. The van der Waals surface area contributed by atoms with Gasteiger partial charge < -0.3 is 4.74 Å². The second-order valence-corrected chi connectivity index (χ2v) is 6.54. The van der Waals surface area contributed by atoms with Gasteiger partial charge in [0.15, 0.2) is 5.78 Å². The minimum Gasteiger partial charge on any atom is -0.373 e. The Morgan fingerprint density at radius 3 is 2.35 bits per heavy atom. The molecule has 0 saturated heterocycles. The monoisotopic (exact) mass is 346 g/mol. The van der Waals surface area contributed by atoms with Gasteiger partial charge in [-0.05, 0) is 46.6 Å². The molecule has 0 aliphatic heterocycles. The summed E-state index contributed by atoms with van der Waals surface area (Å²) in [5, 5.41) is 0. The maximum Gasteiger partial charge on any atom is 0.188 e. The van der Waals surface area contributed by atoms with Crippen LogP contribution in [0.4, 0.5) is 0 Å². The average molecular weight is 346 g/mol. The largest absolute Gasteiger partial charge is 0.373 e. The molecule has 0 atom stereocenters. The molecule has 0 amide bonds. The molecule has 0 aromatic heterocycles. The van der Waals surface area contributed by atoms with Gasteiger partial charge >= 0.3 is 0 Å². The predicted molar refractivity (Wildman–Crippen MR) is 78.4 cm³/mol. The number of Topliss-reactive ketones (excluding diaryl/α,β-unsaturated/α-hetero) is 1. The molecule has 94 valence electrons. The van der Waals surface area contributed by atoms with Gasteiger partial charge in [-0.3, -0.25) is 4.79 Å². The minimum atomic E-state index is 0.0512. The van der Waals surface area contributed by atoms with Gasteiger partial charge in [0, 0.05) is 15.7 Å². The van der Waals surface area contributed by atoms with Gasteiger partial charge in [-0.1, -0.05) is 32.9 Å². The van der Waals surface area contributed by atoms with Crippen LogP contribution in [0.3, 0.4) is 0 Å². The Morgan fingerprint density at radius 1 is 1.24 bits per heavy atom. The summed E-state index contributed by atoms with van der Waals surface area (Å²) >= 11 is 2.22. The third-order valence-corrected chi connectivity index (χ3v) is 3.11. The van der Waals surface area contributed by atoms with Crippen molar-refractivity contribution in [3.63, 3.8) is 0 Å². The topological polar surface area (TPSA) is 26.3 Å². The van der Waals surface area contributed by atoms with Crippen molar-refractivity contribution in [2.45, 2.75) is 27.2 Å². The smallest absolute Gasteiger partial charge is 0.188 e. The van der Waals surface area contributed by atoms with E-state index in [9.17, 15) is 4.79 Å². The molecule has 1 rings (SSSR count). The second kappa shape index (κ2) is 6.50. The highest BCUT2D eigenvalue weighted by Crippen LogP contribution is 2.18. The highest BCUT2D eigenvalue weighted by molar-refractivity contribution is 14.1. The first-order valence-corrected chi connectivity index (χ1v) is 6.83. The van der Waals surface area contributed by atoms with E-state index in [1.807, 2.05) is 24.3 Å². The lowest BCUT2D eigenvalue weighted by Gasteiger charge is -2.17. The number of hydrogen-bond acceptors (Lipinski definition) is 2. The van der Waals surface area contributed by atoms with Gasteiger partial charge in [-0.15, -0.1) is 0 Å². The summed E-state index contributed by atoms with van der Waals surface area (Å²) in [6, 6.07) is 7.56. The van der Waals surface area contributed by atoms with Crippen LogP contribution in [0.5, 0.6) is 0 Å². The van der Waals surface area contributed by atoms with Crippen LogP contribution in [0.15, 0.2) is 24.3 Å². The van der Waals surface area contributed by atoms with Crippen LogP contribution in [0.2, 0.25) is 0 Å². The summed E-state index contributed by atoms with van der Waals surface area (Å²) in [5.41, 5.74) is 0.979. The molecular formula is C14H19IO2. The third-order valence-electron chi connectivity index (χ3n) is 2.40. The SMILES string of the molecule is CC(C)(C)CCOCC(=O)c1ccc(I)cc1. The maximum absolute atomic E-state index is 11.8. The quantitative estimate of drug-likeness (QED) is 0.459. The molecule has 1 aromatic rings. The molecule has 0 spiro atoms. The molecular weight excluding hydrogens is 327 g/mol. The van der Waals surface area contributed by atoms with E-state index < -0.39 is 0 Å². The molecule has 0 aliphatic carbocycles. The summed E-state index contributed by atoms with van der Waals surface area (Å²) in [5.74, 6) is 0.0512. The van der Waals surface area contributed by atoms with Gasteiger partial charge in [-0.2, -0.15) is 0 Å². The van der Waals surface area contributed by atoms with Gasteiger partial charge in [0.2, 0.25) is 0 Å². The fraction of sp³-hybridized carbons (Fsp3) is 0.500. The van der Waals surface area contributed by atoms with E-state index in [0.717, 1.165) is 15.6 Å². The molecule has 2 nitrogen and oxygen atoms in total. The maximum atomic E-state index is 11.8. The van der Waals surface area contributed by atoms with E-state index in [2.05, 4.69) is 43.4 Å². The van der Waals surface area contributed by atoms with E-state index >= 15 is 0 Å². The number of carbonyl (C=O) groups is 1. The molecule has 17 heavy (non-hydrogen) atoms. The standard InChI is InChI=1S/C14H19IO2/c1-14(2,3)8-9-17-10-13(16)11-4-6-12(15)7-5-11/h4-7H,8-10H2,1-3H3. The van der Waals surface area contributed by atoms with Crippen molar-refractivity contribution in [2.24, 2.45) is 5.41 Å². The lowest BCUT2D eigenvalue weighted by molar-refractivity contribution is 0.0705. The summed E-state index contributed by atoms with van der Waals surface area (Å²) in [6.45, 7) is 7.31. The highest BCUT2D eigenvalue weighted by Gasteiger charge is 2.11. The van der Waals surface area contributed by atoms with Crippen molar-refractivity contribution in [1.29, 1.82) is 0 Å². The molecule has 0 N–H and O–H groups in total. The number of ketones is 1. The average Bonchev–Trinajstić information content (AvgIpc) is 2.24. The summed E-state index contributed by atoms with van der Waals surface area (Å²) in [6.07, 6.45) is 0.965. The summed E-state index contributed by atoms with van der Waals surface area (Å²) in [4.78, 5) is 11.8. The van der Waals surface area contributed by atoms with Crippen molar-refractivity contribution in [2.75, 3.05) is 13.2 Å². The first-order valence-electron chi connectivity index (χ1n) is 5.75. The van der Waals surface area contributed by atoms with Gasteiger partial charge in [0.05, 0.1) is 0 Å². The van der Waals surface area contributed by atoms with Crippen molar-refractivity contribution >= 4 is 28.4 Å². The zero-order valence-electron chi connectivity index (χ0n) is 10.6. The lowest BCUT2D eigenvalue weighted by atomic mass is 9.93. The molecule has 0 saturated carbocycles. The fourth-order valence-electron chi connectivity index (χ4n) is 1.26. The Bertz CT molecular complexity index is 363. The normalized spacial score (nSPS) is 11.5. The third kappa shape index (κ3) is 6.17. The Labute approximate surface area is 117 Å². The van der Waals surface area contributed by atoms with E-state index in [1.54, 1.807) is 0 Å². The van der Waals surface area contributed by atoms with E-state index in [-0.39, 0.29) is 17.8 Å².